The third-order valence-corrected chi connectivity index (χ3v) is 10.9. The van der Waals surface area contributed by atoms with Crippen molar-refractivity contribution in [1.82, 2.24) is 0 Å². The topological polar surface area (TPSA) is 0 Å². The molecule has 17 heavy (non-hydrogen) atoms. The fourth-order valence-corrected chi connectivity index (χ4v) is 8.70. The van der Waals surface area contributed by atoms with Crippen LogP contribution in [0.2, 0.25) is 9.26 Å². The van der Waals surface area contributed by atoms with Crippen LogP contribution >= 0.6 is 24.8 Å². The molecule has 0 N–H and O–H groups in total. The number of hydrogen-bond donors (Lipinski definition) is 0. The predicted molar refractivity (Wildman–Crippen MR) is 82.0 cm³/mol. The van der Waals surface area contributed by atoms with Gasteiger partial charge in [-0.2, -0.15) is 0 Å². The average Bonchev–Trinajstić information content (AvgIpc) is 2.73. The molecule has 0 nitrogen and oxygen atoms in total. The molecule has 0 atom stereocenters. The van der Waals surface area contributed by atoms with Crippen LogP contribution in [0.25, 0.3) is 0 Å². The summed E-state index contributed by atoms with van der Waals surface area (Å²) < 4.78 is 6.92. The second kappa shape index (κ2) is 7.28. The summed E-state index contributed by atoms with van der Waals surface area (Å²) in [5.41, 5.74) is 3.24. The molecule has 0 fully saturated rings. The Balaban J connectivity index is 0.00000128. The predicted octanol–water partition coefficient (Wildman–Crippen LogP) is 4.12. The molecule has 0 unspecified atom stereocenters. The first kappa shape index (κ1) is 17.6. The van der Waals surface area contributed by atoms with E-state index in [9.17, 15) is 0 Å². The molecule has 95 valence electrons. The van der Waals surface area contributed by atoms with E-state index < -0.39 is 18.9 Å². The van der Waals surface area contributed by atoms with Gasteiger partial charge >= 0.3 is 99.1 Å². The molecular formula is C13H21Cl2SiZr. The van der Waals surface area contributed by atoms with Crippen molar-refractivity contribution in [2.24, 2.45) is 0 Å². The van der Waals surface area contributed by atoms with Crippen LogP contribution < -0.4 is 0 Å². The molecule has 0 aliphatic heterocycles. The Morgan fingerprint density at radius 3 is 2.41 bits per heavy atom. The molecule has 0 saturated heterocycles. The summed E-state index contributed by atoms with van der Waals surface area (Å²) in [6.45, 7) is 2.31. The van der Waals surface area contributed by atoms with Gasteiger partial charge in [-0.1, -0.05) is 0 Å². The zero-order valence-corrected chi connectivity index (χ0v) is 16.0. The van der Waals surface area contributed by atoms with E-state index in [2.05, 4.69) is 46.5 Å². The van der Waals surface area contributed by atoms with Crippen molar-refractivity contribution < 1.29 is 18.9 Å². The molecule has 0 bridgehead atoms. The molecule has 0 spiro atoms. The minimum absolute atomic E-state index is 0. The zero-order valence-electron chi connectivity index (χ0n) is 10.5. The molecular weight excluding hydrogens is 346 g/mol. The van der Waals surface area contributed by atoms with E-state index >= 15 is 0 Å². The second-order valence-electron chi connectivity index (χ2n) is 5.13. The normalized spacial score (nSPS) is 17.9. The summed E-state index contributed by atoms with van der Waals surface area (Å²) in [5.74, 6) is 0. The van der Waals surface area contributed by atoms with Gasteiger partial charge in [0.25, 0.3) is 0 Å². The van der Waals surface area contributed by atoms with Gasteiger partial charge in [-0.15, -0.1) is 24.8 Å². The van der Waals surface area contributed by atoms with Gasteiger partial charge in [0.05, 0.1) is 0 Å². The third-order valence-electron chi connectivity index (χ3n) is 3.11. The van der Waals surface area contributed by atoms with Crippen LogP contribution in [0.15, 0.2) is 44.8 Å². The SMILES string of the molecule is Cl.Cl.[CH3][Zr]([CH3])(=[SiH2])[C]1=C(CC2=CC=CC2)C=CC1. The summed E-state index contributed by atoms with van der Waals surface area (Å²) in [7, 11) is 0. The summed E-state index contributed by atoms with van der Waals surface area (Å²) in [6, 6.07) is 0. The molecule has 0 aromatic carbocycles. The minimum atomic E-state index is -1.79. The van der Waals surface area contributed by atoms with Crippen molar-refractivity contribution in [1.29, 1.82) is 0 Å². The first-order chi connectivity index (χ1) is 7.07. The van der Waals surface area contributed by atoms with E-state index in [0.717, 1.165) is 0 Å². The number of hydrogen-bond acceptors (Lipinski definition) is 0. The maximum absolute atomic E-state index is 2.54. The molecule has 0 heterocycles. The van der Waals surface area contributed by atoms with E-state index in [1.807, 2.05) is 3.28 Å². The van der Waals surface area contributed by atoms with E-state index in [4.69, 9.17) is 0 Å². The van der Waals surface area contributed by atoms with Crippen LogP contribution in [-0.4, -0.2) is 6.88 Å². The van der Waals surface area contributed by atoms with Crippen molar-refractivity contribution in [3.05, 3.63) is 44.8 Å². The summed E-state index contributed by atoms with van der Waals surface area (Å²) in [5, 5.41) is 0. The van der Waals surface area contributed by atoms with Crippen molar-refractivity contribution in [2.75, 3.05) is 0 Å². The first-order valence-electron chi connectivity index (χ1n) is 5.66. The molecule has 0 aromatic rings. The van der Waals surface area contributed by atoms with Gasteiger partial charge in [-0.25, -0.2) is 0 Å². The standard InChI is InChI=1S/C11H11.2CH3.2ClH.H2Si.Zr/c1-2-6-10(5-1)9-11-7-3-4-8-11;;;;;;/h1-3,5,7H,4,6,9H2;2*1H3;2*1H;1H2;. The van der Waals surface area contributed by atoms with E-state index in [1.165, 1.54) is 19.3 Å². The Hall–Kier alpha value is 0.640. The molecule has 0 aromatic heterocycles. The van der Waals surface area contributed by atoms with Gasteiger partial charge in [-0.3, -0.25) is 0 Å². The van der Waals surface area contributed by atoms with Crippen molar-refractivity contribution in [3.63, 3.8) is 0 Å². The Morgan fingerprint density at radius 2 is 1.88 bits per heavy atom. The third kappa shape index (κ3) is 4.67. The van der Waals surface area contributed by atoms with Crippen molar-refractivity contribution in [3.8, 4) is 0 Å². The van der Waals surface area contributed by atoms with Gasteiger partial charge in [0.15, 0.2) is 0 Å². The van der Waals surface area contributed by atoms with Crippen LogP contribution in [0.1, 0.15) is 19.3 Å². The molecule has 2 aliphatic rings. The van der Waals surface area contributed by atoms with Crippen LogP contribution in [-0.2, 0) is 18.9 Å². The summed E-state index contributed by atoms with van der Waals surface area (Å²) in [6.07, 6.45) is 15.1. The summed E-state index contributed by atoms with van der Waals surface area (Å²) >= 11 is -1.79. The van der Waals surface area contributed by atoms with Crippen LogP contribution in [0.5, 0.6) is 0 Å². The molecule has 2 aliphatic carbocycles. The molecule has 4 heteroatoms. The van der Waals surface area contributed by atoms with Gasteiger partial charge in [-0.05, 0) is 0 Å². The van der Waals surface area contributed by atoms with Gasteiger partial charge in [0.1, 0.15) is 0 Å². The van der Waals surface area contributed by atoms with E-state index in [1.54, 1.807) is 11.1 Å². The van der Waals surface area contributed by atoms with Crippen LogP contribution in [0.4, 0.5) is 0 Å². The van der Waals surface area contributed by atoms with Gasteiger partial charge in [0, 0.05) is 0 Å². The van der Waals surface area contributed by atoms with Crippen LogP contribution in [0.3, 0.4) is 0 Å². The number of rotatable bonds is 3. The summed E-state index contributed by atoms with van der Waals surface area (Å²) in [4.78, 5) is 0. The fourth-order valence-electron chi connectivity index (χ4n) is 2.29. The monoisotopic (exact) mass is 365 g/mol. The Morgan fingerprint density at radius 1 is 1.18 bits per heavy atom. The molecule has 2 rings (SSSR count). The zero-order chi connectivity index (χ0) is 10.9. The number of halogens is 2. The second-order valence-corrected chi connectivity index (χ2v) is 26.3. The van der Waals surface area contributed by atoms with Crippen LogP contribution in [0, 0.1) is 0 Å². The average molecular weight is 368 g/mol. The van der Waals surface area contributed by atoms with E-state index in [0.29, 0.717) is 0 Å². The maximum atomic E-state index is 2.54. The Kier molecular flexibility index (Phi) is 7.56. The molecule has 0 amide bonds. The van der Waals surface area contributed by atoms with E-state index in [-0.39, 0.29) is 24.8 Å². The van der Waals surface area contributed by atoms with Crippen molar-refractivity contribution in [2.45, 2.75) is 28.5 Å². The quantitative estimate of drug-likeness (QED) is 0.658. The van der Waals surface area contributed by atoms with Crippen molar-refractivity contribution >= 4 is 31.7 Å². The Bertz CT molecular complexity index is 438. The number of allylic oxidation sites excluding steroid dienone is 8. The first-order valence-corrected chi connectivity index (χ1v) is 17.7. The van der Waals surface area contributed by atoms with Gasteiger partial charge in [0.2, 0.25) is 0 Å². The fraction of sp³-hybridized carbons (Fsp3) is 0.385. The Labute approximate surface area is 123 Å². The van der Waals surface area contributed by atoms with Gasteiger partial charge < -0.3 is 0 Å². The molecule has 0 saturated carbocycles. The molecule has 0 radical (unpaired) electrons.